The summed E-state index contributed by atoms with van der Waals surface area (Å²) in [6, 6.07) is 17.6. The zero-order chi connectivity index (χ0) is 19.3. The monoisotopic (exact) mass is 378 g/mol. The van der Waals surface area contributed by atoms with Gasteiger partial charge in [0.2, 0.25) is 5.91 Å². The van der Waals surface area contributed by atoms with Crippen LogP contribution < -0.4 is 10.6 Å². The molecule has 2 amide bonds. The minimum Gasteiger partial charge on any atom is -0.355 e. The van der Waals surface area contributed by atoms with Gasteiger partial charge in [0.1, 0.15) is 0 Å². The van der Waals surface area contributed by atoms with E-state index in [0.717, 1.165) is 43.9 Å². The summed E-state index contributed by atoms with van der Waals surface area (Å²) in [6.07, 6.45) is 1.88. The van der Waals surface area contributed by atoms with Crippen LogP contribution in [0.5, 0.6) is 0 Å². The molecule has 0 saturated carbocycles. The van der Waals surface area contributed by atoms with Crippen molar-refractivity contribution in [2.45, 2.75) is 18.9 Å². The van der Waals surface area contributed by atoms with Crippen molar-refractivity contribution in [1.29, 1.82) is 0 Å². The molecule has 0 aliphatic carbocycles. The first kappa shape index (κ1) is 18.5. The number of para-hydroxylation sites is 2. The van der Waals surface area contributed by atoms with Gasteiger partial charge in [0.05, 0.1) is 17.8 Å². The van der Waals surface area contributed by atoms with Crippen molar-refractivity contribution in [2.24, 2.45) is 0 Å². The minimum absolute atomic E-state index is 0.0197. The van der Waals surface area contributed by atoms with E-state index in [2.05, 4.69) is 10.6 Å². The molecule has 2 saturated heterocycles. The number of carbonyl (C=O) groups excluding carboxylic acids is 2. The van der Waals surface area contributed by atoms with Gasteiger partial charge in [-0.2, -0.15) is 0 Å². The van der Waals surface area contributed by atoms with Crippen LogP contribution in [0.2, 0.25) is 0 Å². The Morgan fingerprint density at radius 1 is 1.04 bits per heavy atom. The number of piperazine rings is 1. The van der Waals surface area contributed by atoms with Gasteiger partial charge in [-0.1, -0.05) is 30.3 Å². The smallest absolute Gasteiger partial charge is 0.256 e. The molecule has 6 heteroatoms. The molecule has 2 N–H and O–H groups in total. The number of nitrogens with one attached hydrogen (secondary N) is 2. The topological polar surface area (TPSA) is 64.7 Å². The fourth-order valence-corrected chi connectivity index (χ4v) is 4.03. The van der Waals surface area contributed by atoms with Gasteiger partial charge in [-0.15, -0.1) is 0 Å². The Labute approximate surface area is 165 Å². The molecule has 146 valence electrons. The van der Waals surface area contributed by atoms with E-state index in [-0.39, 0.29) is 17.9 Å². The maximum Gasteiger partial charge on any atom is 0.256 e. The Kier molecular flexibility index (Phi) is 5.58. The van der Waals surface area contributed by atoms with Gasteiger partial charge in [-0.25, -0.2) is 0 Å². The molecule has 28 heavy (non-hydrogen) atoms. The third-order valence-corrected chi connectivity index (χ3v) is 5.46. The summed E-state index contributed by atoms with van der Waals surface area (Å²) >= 11 is 0. The second-order valence-corrected chi connectivity index (χ2v) is 7.35. The molecule has 4 rings (SSSR count). The molecule has 2 aliphatic rings. The number of hydrogen-bond donors (Lipinski definition) is 2. The predicted molar refractivity (Wildman–Crippen MR) is 110 cm³/mol. The first-order chi connectivity index (χ1) is 13.7. The summed E-state index contributed by atoms with van der Waals surface area (Å²) in [5.74, 6) is 0.156. The number of hydrogen-bond acceptors (Lipinski definition) is 4. The fourth-order valence-electron chi connectivity index (χ4n) is 4.03. The van der Waals surface area contributed by atoms with Gasteiger partial charge in [-0.3, -0.25) is 9.59 Å². The van der Waals surface area contributed by atoms with Crippen LogP contribution in [-0.2, 0) is 4.79 Å². The summed E-state index contributed by atoms with van der Waals surface area (Å²) in [6.45, 7) is 3.27. The maximum atomic E-state index is 13.3. The van der Waals surface area contributed by atoms with Gasteiger partial charge < -0.3 is 20.4 Å². The normalized spacial score (nSPS) is 20.1. The maximum absolute atomic E-state index is 13.3. The van der Waals surface area contributed by atoms with Gasteiger partial charge in [0, 0.05) is 37.9 Å². The third-order valence-electron chi connectivity index (χ3n) is 5.46. The van der Waals surface area contributed by atoms with E-state index in [4.69, 9.17) is 0 Å². The van der Waals surface area contributed by atoms with Crippen LogP contribution in [-0.4, -0.2) is 60.4 Å². The second-order valence-electron chi connectivity index (χ2n) is 7.35. The molecule has 0 spiro atoms. The zero-order valence-electron chi connectivity index (χ0n) is 15.9. The lowest BCUT2D eigenvalue weighted by Gasteiger charge is -2.41. The molecule has 2 aromatic carbocycles. The van der Waals surface area contributed by atoms with Crippen molar-refractivity contribution in [3.8, 4) is 0 Å². The SMILES string of the molecule is O=C(c1ccccc1Nc1ccccc1)N1CCCC(N2CCNCC2=O)C1. The summed E-state index contributed by atoms with van der Waals surface area (Å²) < 4.78 is 0. The highest BCUT2D eigenvalue weighted by molar-refractivity contribution is 6.00. The molecule has 0 radical (unpaired) electrons. The summed E-state index contributed by atoms with van der Waals surface area (Å²) in [5.41, 5.74) is 2.42. The van der Waals surface area contributed by atoms with Crippen molar-refractivity contribution < 1.29 is 9.59 Å². The third kappa shape index (κ3) is 4.02. The van der Waals surface area contributed by atoms with Crippen molar-refractivity contribution in [1.82, 2.24) is 15.1 Å². The van der Waals surface area contributed by atoms with Gasteiger partial charge in [0.15, 0.2) is 0 Å². The quantitative estimate of drug-likeness (QED) is 0.858. The molecule has 2 aliphatic heterocycles. The Balaban J connectivity index is 1.50. The van der Waals surface area contributed by atoms with E-state index in [9.17, 15) is 9.59 Å². The molecule has 6 nitrogen and oxygen atoms in total. The number of nitrogens with zero attached hydrogens (tertiary/aromatic N) is 2. The number of benzene rings is 2. The molecule has 1 atom stereocenters. The number of amides is 2. The lowest BCUT2D eigenvalue weighted by molar-refractivity contribution is -0.135. The van der Waals surface area contributed by atoms with Gasteiger partial charge >= 0.3 is 0 Å². The Morgan fingerprint density at radius 3 is 2.64 bits per heavy atom. The first-order valence-corrected chi connectivity index (χ1v) is 9.93. The molecule has 2 heterocycles. The number of rotatable bonds is 4. The second kappa shape index (κ2) is 8.44. The largest absolute Gasteiger partial charge is 0.355 e. The van der Waals surface area contributed by atoms with Gasteiger partial charge in [-0.05, 0) is 37.1 Å². The highest BCUT2D eigenvalue weighted by Crippen LogP contribution is 2.25. The Hall–Kier alpha value is -2.86. The van der Waals surface area contributed by atoms with Crippen LogP contribution >= 0.6 is 0 Å². The first-order valence-electron chi connectivity index (χ1n) is 9.93. The van der Waals surface area contributed by atoms with Crippen LogP contribution in [0.4, 0.5) is 11.4 Å². The van der Waals surface area contributed by atoms with Crippen LogP contribution in [0.25, 0.3) is 0 Å². The van der Waals surface area contributed by atoms with Crippen molar-refractivity contribution in [2.75, 3.05) is 38.0 Å². The molecular formula is C22H26N4O2. The van der Waals surface area contributed by atoms with Crippen molar-refractivity contribution >= 4 is 23.2 Å². The van der Waals surface area contributed by atoms with E-state index in [1.54, 1.807) is 0 Å². The van der Waals surface area contributed by atoms with E-state index < -0.39 is 0 Å². The number of anilines is 2. The number of piperidine rings is 1. The van der Waals surface area contributed by atoms with Gasteiger partial charge in [0.25, 0.3) is 5.91 Å². The highest BCUT2D eigenvalue weighted by Gasteiger charge is 2.32. The van der Waals surface area contributed by atoms with Crippen molar-refractivity contribution in [3.63, 3.8) is 0 Å². The lowest BCUT2D eigenvalue weighted by Crippen LogP contribution is -2.57. The number of likely N-dealkylation sites (tertiary alicyclic amines) is 1. The van der Waals surface area contributed by atoms with Crippen LogP contribution in [0, 0.1) is 0 Å². The molecule has 2 aromatic rings. The molecule has 0 bridgehead atoms. The number of carbonyl (C=O) groups is 2. The minimum atomic E-state index is 0.0197. The zero-order valence-corrected chi connectivity index (χ0v) is 15.9. The molecular weight excluding hydrogens is 352 g/mol. The van der Waals surface area contributed by atoms with E-state index in [0.29, 0.717) is 18.7 Å². The Morgan fingerprint density at radius 2 is 1.82 bits per heavy atom. The van der Waals surface area contributed by atoms with Crippen LogP contribution in [0.1, 0.15) is 23.2 Å². The summed E-state index contributed by atoms with van der Waals surface area (Å²) in [4.78, 5) is 29.4. The highest BCUT2D eigenvalue weighted by atomic mass is 16.2. The standard InChI is InChI=1S/C22H26N4O2/c27-21-15-23-12-14-26(21)18-9-6-13-25(16-18)22(28)19-10-4-5-11-20(19)24-17-7-2-1-3-8-17/h1-5,7-8,10-11,18,23-24H,6,9,12-16H2. The molecule has 0 aromatic heterocycles. The Bertz CT molecular complexity index is 839. The average Bonchev–Trinajstić information content (AvgIpc) is 2.75. The summed E-state index contributed by atoms with van der Waals surface area (Å²) in [7, 11) is 0. The summed E-state index contributed by atoms with van der Waals surface area (Å²) in [5, 5.41) is 6.47. The van der Waals surface area contributed by atoms with E-state index >= 15 is 0 Å². The average molecular weight is 378 g/mol. The lowest BCUT2D eigenvalue weighted by atomic mass is 10.0. The predicted octanol–water partition coefficient (Wildman–Crippen LogP) is 2.47. The van der Waals surface area contributed by atoms with Crippen molar-refractivity contribution in [3.05, 3.63) is 60.2 Å². The van der Waals surface area contributed by atoms with E-state index in [1.165, 1.54) is 0 Å². The molecule has 2 fully saturated rings. The van der Waals surface area contributed by atoms with Crippen LogP contribution in [0.3, 0.4) is 0 Å². The molecule has 1 unspecified atom stereocenters. The van der Waals surface area contributed by atoms with Crippen LogP contribution in [0.15, 0.2) is 54.6 Å². The van der Waals surface area contributed by atoms with E-state index in [1.807, 2.05) is 64.4 Å². The fraction of sp³-hybridized carbons (Fsp3) is 0.364.